The van der Waals surface area contributed by atoms with Crippen molar-refractivity contribution in [3.8, 4) is 5.75 Å². The minimum atomic E-state index is -0.535. The van der Waals surface area contributed by atoms with Crippen LogP contribution >= 0.6 is 0 Å². The summed E-state index contributed by atoms with van der Waals surface area (Å²) >= 11 is 0. The Morgan fingerprint density at radius 2 is 1.79 bits per heavy atom. The second kappa shape index (κ2) is 11.3. The van der Waals surface area contributed by atoms with Gasteiger partial charge in [-0.3, -0.25) is 9.69 Å². The number of hydrogen-bond donors (Lipinski definition) is 2. The standard InChI is InChI=1S/C25H33FN4O4/c1-16-13-29(3)17(2)15-34-22-12-20(28-25(32)27-19-8-6-7-18(26)11-19)9-10-21(22)24(31)30(4)14-23(16)33-5/h6-12,16-17,23H,13-15H2,1-5H3,(H2,27,28,32)/t16-,17+,23+/m0/s1. The van der Waals surface area contributed by atoms with Crippen molar-refractivity contribution >= 4 is 23.3 Å². The fourth-order valence-electron chi connectivity index (χ4n) is 3.89. The molecule has 0 fully saturated rings. The van der Waals surface area contributed by atoms with Crippen LogP contribution in [-0.4, -0.2) is 74.8 Å². The predicted octanol–water partition coefficient (Wildman–Crippen LogP) is 3.91. The molecule has 3 rings (SSSR count). The van der Waals surface area contributed by atoms with E-state index in [1.54, 1.807) is 43.3 Å². The first-order chi connectivity index (χ1) is 16.2. The quantitative estimate of drug-likeness (QED) is 0.708. The van der Waals surface area contributed by atoms with Crippen molar-refractivity contribution in [1.29, 1.82) is 0 Å². The molecule has 3 amide bonds. The van der Waals surface area contributed by atoms with Crippen molar-refractivity contribution in [2.45, 2.75) is 26.0 Å². The van der Waals surface area contributed by atoms with Gasteiger partial charge in [-0.2, -0.15) is 0 Å². The van der Waals surface area contributed by atoms with Crippen LogP contribution < -0.4 is 15.4 Å². The predicted molar refractivity (Wildman–Crippen MR) is 130 cm³/mol. The molecule has 0 radical (unpaired) electrons. The highest BCUT2D eigenvalue weighted by molar-refractivity contribution is 6.01. The van der Waals surface area contributed by atoms with Crippen LogP contribution in [0.5, 0.6) is 5.75 Å². The number of halogens is 1. The fourth-order valence-corrected chi connectivity index (χ4v) is 3.89. The Balaban J connectivity index is 1.83. The number of rotatable bonds is 3. The molecule has 1 aliphatic rings. The SMILES string of the molecule is CO[C@@H]1CN(C)C(=O)c2ccc(NC(=O)Nc3cccc(F)c3)cc2OC[C@@H](C)N(C)C[C@@H]1C. The molecule has 0 aromatic heterocycles. The number of anilines is 2. The average Bonchev–Trinajstić information content (AvgIpc) is 2.79. The van der Waals surface area contributed by atoms with Crippen LogP contribution in [0.3, 0.4) is 0 Å². The van der Waals surface area contributed by atoms with Gasteiger partial charge in [-0.15, -0.1) is 0 Å². The van der Waals surface area contributed by atoms with Crippen molar-refractivity contribution in [3.05, 3.63) is 53.8 Å². The third-order valence-electron chi connectivity index (χ3n) is 6.10. The van der Waals surface area contributed by atoms with Crippen molar-refractivity contribution in [1.82, 2.24) is 9.80 Å². The lowest BCUT2D eigenvalue weighted by Gasteiger charge is -2.34. The third-order valence-corrected chi connectivity index (χ3v) is 6.10. The maximum atomic E-state index is 13.4. The zero-order chi connectivity index (χ0) is 24.8. The summed E-state index contributed by atoms with van der Waals surface area (Å²) in [7, 11) is 5.44. The van der Waals surface area contributed by atoms with Crippen LogP contribution in [-0.2, 0) is 4.74 Å². The van der Waals surface area contributed by atoms with Gasteiger partial charge in [0.05, 0.1) is 11.7 Å². The van der Waals surface area contributed by atoms with Crippen LogP contribution in [0.4, 0.5) is 20.6 Å². The molecule has 1 aliphatic heterocycles. The normalized spacial score (nSPS) is 22.1. The van der Waals surface area contributed by atoms with Gasteiger partial charge < -0.3 is 25.0 Å². The average molecular weight is 473 g/mol. The number of hydrogen-bond acceptors (Lipinski definition) is 5. The van der Waals surface area contributed by atoms with Gasteiger partial charge in [0, 0.05) is 50.7 Å². The molecule has 34 heavy (non-hydrogen) atoms. The Hall–Kier alpha value is -3.17. The van der Waals surface area contributed by atoms with Crippen LogP contribution in [0, 0.1) is 11.7 Å². The lowest BCUT2D eigenvalue weighted by molar-refractivity contribution is 0.0150. The van der Waals surface area contributed by atoms with E-state index in [4.69, 9.17) is 9.47 Å². The first-order valence-corrected chi connectivity index (χ1v) is 11.3. The van der Waals surface area contributed by atoms with Crippen molar-refractivity contribution in [2.24, 2.45) is 5.92 Å². The third kappa shape index (κ3) is 6.45. The number of urea groups is 1. The zero-order valence-electron chi connectivity index (χ0n) is 20.3. The van der Waals surface area contributed by atoms with E-state index in [-0.39, 0.29) is 24.0 Å². The number of carbonyl (C=O) groups excluding carboxylic acids is 2. The Labute approximate surface area is 200 Å². The van der Waals surface area contributed by atoms with E-state index in [1.807, 2.05) is 7.05 Å². The summed E-state index contributed by atoms with van der Waals surface area (Å²) in [5, 5.41) is 5.29. The van der Waals surface area contributed by atoms with Gasteiger partial charge in [-0.1, -0.05) is 13.0 Å². The highest BCUT2D eigenvalue weighted by atomic mass is 19.1. The van der Waals surface area contributed by atoms with Crippen molar-refractivity contribution < 1.29 is 23.5 Å². The Morgan fingerprint density at radius 3 is 2.47 bits per heavy atom. The molecule has 8 nitrogen and oxygen atoms in total. The summed E-state index contributed by atoms with van der Waals surface area (Å²) in [6, 6.07) is 10.1. The Kier molecular flexibility index (Phi) is 8.46. The molecule has 0 bridgehead atoms. The molecular weight excluding hydrogens is 439 g/mol. The number of fused-ring (bicyclic) bond motifs is 1. The summed E-state index contributed by atoms with van der Waals surface area (Å²) in [6.45, 7) is 5.77. The lowest BCUT2D eigenvalue weighted by Crippen LogP contribution is -2.45. The molecule has 184 valence electrons. The van der Waals surface area contributed by atoms with Gasteiger partial charge >= 0.3 is 6.03 Å². The highest BCUT2D eigenvalue weighted by Gasteiger charge is 2.27. The number of likely N-dealkylation sites (N-methyl/N-ethyl adjacent to an activating group) is 2. The van der Waals surface area contributed by atoms with E-state index < -0.39 is 11.8 Å². The molecule has 0 saturated heterocycles. The Morgan fingerprint density at radius 1 is 1.09 bits per heavy atom. The number of nitrogens with zero attached hydrogens (tertiary/aromatic N) is 2. The summed E-state index contributed by atoms with van der Waals surface area (Å²) in [5.41, 5.74) is 1.17. The maximum absolute atomic E-state index is 13.4. The summed E-state index contributed by atoms with van der Waals surface area (Å²) in [4.78, 5) is 29.4. The monoisotopic (exact) mass is 472 g/mol. The second-order valence-electron chi connectivity index (χ2n) is 8.84. The van der Waals surface area contributed by atoms with Gasteiger partial charge in [0.1, 0.15) is 18.2 Å². The van der Waals surface area contributed by atoms with E-state index >= 15 is 0 Å². The van der Waals surface area contributed by atoms with E-state index in [2.05, 4.69) is 29.4 Å². The first kappa shape index (κ1) is 25.5. The lowest BCUT2D eigenvalue weighted by atomic mass is 10.0. The van der Waals surface area contributed by atoms with E-state index in [0.717, 1.165) is 6.54 Å². The molecular formula is C25H33FN4O4. The van der Waals surface area contributed by atoms with Gasteiger partial charge in [-0.25, -0.2) is 9.18 Å². The number of benzene rings is 2. The molecule has 1 heterocycles. The Bertz CT molecular complexity index is 1020. The van der Waals surface area contributed by atoms with Gasteiger partial charge in [0.15, 0.2) is 0 Å². The molecule has 3 atom stereocenters. The fraction of sp³-hybridized carbons (Fsp3) is 0.440. The van der Waals surface area contributed by atoms with Crippen LogP contribution in [0.25, 0.3) is 0 Å². The molecule has 0 spiro atoms. The second-order valence-corrected chi connectivity index (χ2v) is 8.84. The van der Waals surface area contributed by atoms with E-state index in [1.165, 1.54) is 18.2 Å². The van der Waals surface area contributed by atoms with E-state index in [9.17, 15) is 14.0 Å². The molecule has 2 N–H and O–H groups in total. The number of amides is 3. The van der Waals surface area contributed by atoms with Crippen LogP contribution in [0.2, 0.25) is 0 Å². The number of methoxy groups -OCH3 is 1. The summed E-state index contributed by atoms with van der Waals surface area (Å²) < 4.78 is 25.1. The smallest absolute Gasteiger partial charge is 0.323 e. The molecule has 0 aliphatic carbocycles. The molecule has 9 heteroatoms. The molecule has 2 aromatic rings. The molecule has 2 aromatic carbocycles. The minimum Gasteiger partial charge on any atom is -0.491 e. The van der Waals surface area contributed by atoms with Crippen molar-refractivity contribution in [2.75, 3.05) is 51.5 Å². The van der Waals surface area contributed by atoms with Gasteiger partial charge in [0.2, 0.25) is 0 Å². The van der Waals surface area contributed by atoms with Gasteiger partial charge in [0.25, 0.3) is 5.91 Å². The maximum Gasteiger partial charge on any atom is 0.323 e. The largest absolute Gasteiger partial charge is 0.491 e. The van der Waals surface area contributed by atoms with E-state index in [0.29, 0.717) is 35.8 Å². The summed E-state index contributed by atoms with van der Waals surface area (Å²) in [6.07, 6.45) is -0.111. The topological polar surface area (TPSA) is 83.1 Å². The molecule has 0 saturated carbocycles. The summed E-state index contributed by atoms with van der Waals surface area (Å²) in [5.74, 6) is -0.0440. The number of nitrogens with one attached hydrogen (secondary N) is 2. The molecule has 0 unspecified atom stereocenters. The van der Waals surface area contributed by atoms with Gasteiger partial charge in [-0.05, 0) is 50.2 Å². The van der Waals surface area contributed by atoms with Crippen molar-refractivity contribution in [3.63, 3.8) is 0 Å². The first-order valence-electron chi connectivity index (χ1n) is 11.3. The zero-order valence-corrected chi connectivity index (χ0v) is 20.3. The van der Waals surface area contributed by atoms with Crippen LogP contribution in [0.15, 0.2) is 42.5 Å². The van der Waals surface area contributed by atoms with Crippen LogP contribution in [0.1, 0.15) is 24.2 Å². The minimum absolute atomic E-state index is 0.0907. The number of ether oxygens (including phenoxy) is 2. The highest BCUT2D eigenvalue weighted by Crippen LogP contribution is 2.27. The number of carbonyl (C=O) groups is 2.